The van der Waals surface area contributed by atoms with Crippen molar-refractivity contribution in [3.63, 3.8) is 0 Å². The maximum atomic E-state index is 12.9. The molecule has 21 heavy (non-hydrogen) atoms. The number of piperidine rings is 1. The van der Waals surface area contributed by atoms with Crippen LogP contribution in [0.1, 0.15) is 17.8 Å². The highest BCUT2D eigenvalue weighted by molar-refractivity contribution is 5.17. The molecule has 5 heteroatoms. The average Bonchev–Trinajstić information content (AvgIpc) is 2.97. The summed E-state index contributed by atoms with van der Waals surface area (Å²) in [6, 6.07) is 6.57. The highest BCUT2D eigenvalue weighted by atomic mass is 19.1. The first-order chi connectivity index (χ1) is 10.2. The van der Waals surface area contributed by atoms with Gasteiger partial charge in [0.05, 0.1) is 12.6 Å². The number of aromatic nitrogens is 2. The van der Waals surface area contributed by atoms with Crippen LogP contribution in [0.5, 0.6) is 0 Å². The fourth-order valence-electron chi connectivity index (χ4n) is 2.95. The normalized spacial score (nSPS) is 23.3. The second kappa shape index (κ2) is 6.37. The van der Waals surface area contributed by atoms with E-state index < -0.39 is 0 Å². The number of aliphatic hydroxyl groups excluding tert-OH is 1. The molecule has 4 nitrogen and oxygen atoms in total. The van der Waals surface area contributed by atoms with Crippen molar-refractivity contribution in [2.24, 2.45) is 5.92 Å². The first-order valence-corrected chi connectivity index (χ1v) is 7.34. The standard InChI is InChI=1S/C16H20FN3O/c17-14-3-1-12(2-4-14)9-13-5-8-20(10-15(13)21)11-16-18-6-7-19-16/h1-4,6-7,13,15,21H,5,8-11H2,(H,18,19)/t13-,15+/m1/s1. The Hall–Kier alpha value is -1.72. The number of likely N-dealkylation sites (tertiary alicyclic amines) is 1. The first kappa shape index (κ1) is 14.2. The third-order valence-corrected chi connectivity index (χ3v) is 4.14. The van der Waals surface area contributed by atoms with Crippen LogP contribution in [-0.4, -0.2) is 39.2 Å². The molecule has 0 unspecified atom stereocenters. The van der Waals surface area contributed by atoms with E-state index in [0.717, 1.165) is 37.3 Å². The number of aliphatic hydroxyl groups is 1. The number of aromatic amines is 1. The minimum atomic E-state index is -0.348. The summed E-state index contributed by atoms with van der Waals surface area (Å²) in [5.41, 5.74) is 1.08. The highest BCUT2D eigenvalue weighted by Crippen LogP contribution is 2.23. The molecule has 0 amide bonds. The molecule has 2 N–H and O–H groups in total. The van der Waals surface area contributed by atoms with Crippen LogP contribution in [0.4, 0.5) is 4.39 Å². The lowest BCUT2D eigenvalue weighted by molar-refractivity contribution is 0.0179. The van der Waals surface area contributed by atoms with Gasteiger partial charge in [0.1, 0.15) is 11.6 Å². The van der Waals surface area contributed by atoms with Gasteiger partial charge >= 0.3 is 0 Å². The van der Waals surface area contributed by atoms with Crippen LogP contribution in [0.15, 0.2) is 36.7 Å². The lowest BCUT2D eigenvalue weighted by Gasteiger charge is -2.35. The molecule has 112 valence electrons. The van der Waals surface area contributed by atoms with Crippen LogP contribution < -0.4 is 0 Å². The Bertz CT molecular complexity index is 555. The molecule has 0 radical (unpaired) electrons. The highest BCUT2D eigenvalue weighted by Gasteiger charge is 2.28. The smallest absolute Gasteiger partial charge is 0.123 e. The Morgan fingerprint density at radius 2 is 2.14 bits per heavy atom. The maximum Gasteiger partial charge on any atom is 0.123 e. The van der Waals surface area contributed by atoms with Crippen LogP contribution in [-0.2, 0) is 13.0 Å². The van der Waals surface area contributed by atoms with Gasteiger partial charge in [-0.25, -0.2) is 9.37 Å². The molecule has 0 saturated carbocycles. The van der Waals surface area contributed by atoms with E-state index in [0.29, 0.717) is 6.54 Å². The van der Waals surface area contributed by atoms with Gasteiger partial charge in [0.15, 0.2) is 0 Å². The van der Waals surface area contributed by atoms with Crippen LogP contribution >= 0.6 is 0 Å². The number of H-pyrrole nitrogens is 1. The number of halogens is 1. The number of nitrogens with zero attached hydrogens (tertiary/aromatic N) is 2. The van der Waals surface area contributed by atoms with Crippen molar-refractivity contribution in [3.05, 3.63) is 53.9 Å². The molecular formula is C16H20FN3O. The lowest BCUT2D eigenvalue weighted by atomic mass is 9.88. The second-order valence-electron chi connectivity index (χ2n) is 5.72. The minimum absolute atomic E-state index is 0.215. The summed E-state index contributed by atoms with van der Waals surface area (Å²) in [6.07, 6.45) is 4.95. The average molecular weight is 289 g/mol. The number of β-amino-alcohol motifs (C(OH)–C–C–N with tert-alkyl or cyclic N) is 1. The molecule has 2 aromatic rings. The summed E-state index contributed by atoms with van der Waals surface area (Å²) < 4.78 is 12.9. The summed E-state index contributed by atoms with van der Waals surface area (Å²) >= 11 is 0. The lowest BCUT2D eigenvalue weighted by Crippen LogP contribution is -2.44. The molecule has 1 fully saturated rings. The zero-order valence-corrected chi connectivity index (χ0v) is 11.9. The number of nitrogens with one attached hydrogen (secondary N) is 1. The van der Waals surface area contributed by atoms with Gasteiger partial charge in [0.25, 0.3) is 0 Å². The zero-order chi connectivity index (χ0) is 14.7. The van der Waals surface area contributed by atoms with Crippen molar-refractivity contribution in [1.29, 1.82) is 0 Å². The van der Waals surface area contributed by atoms with Gasteiger partial charge in [-0.05, 0) is 43.0 Å². The van der Waals surface area contributed by atoms with Gasteiger partial charge in [0, 0.05) is 18.9 Å². The van der Waals surface area contributed by atoms with Crippen molar-refractivity contribution in [2.45, 2.75) is 25.5 Å². The molecular weight excluding hydrogens is 269 g/mol. The monoisotopic (exact) mass is 289 g/mol. The van der Waals surface area contributed by atoms with E-state index in [9.17, 15) is 9.50 Å². The molecule has 2 atom stereocenters. The van der Waals surface area contributed by atoms with Crippen LogP contribution in [0, 0.1) is 11.7 Å². The Labute approximate surface area is 123 Å². The largest absolute Gasteiger partial charge is 0.391 e. The van der Waals surface area contributed by atoms with E-state index in [1.54, 1.807) is 18.3 Å². The van der Waals surface area contributed by atoms with Gasteiger partial charge in [-0.15, -0.1) is 0 Å². The molecule has 2 heterocycles. The van der Waals surface area contributed by atoms with Gasteiger partial charge in [-0.2, -0.15) is 0 Å². The third kappa shape index (κ3) is 3.68. The number of hydrogen-bond acceptors (Lipinski definition) is 3. The minimum Gasteiger partial charge on any atom is -0.391 e. The molecule has 1 aromatic carbocycles. The van der Waals surface area contributed by atoms with Crippen LogP contribution in [0.2, 0.25) is 0 Å². The van der Waals surface area contributed by atoms with Gasteiger partial charge < -0.3 is 10.1 Å². The van der Waals surface area contributed by atoms with E-state index in [-0.39, 0.29) is 17.8 Å². The van der Waals surface area contributed by atoms with Crippen molar-refractivity contribution in [2.75, 3.05) is 13.1 Å². The quantitative estimate of drug-likeness (QED) is 0.905. The Kier molecular flexibility index (Phi) is 4.31. The van der Waals surface area contributed by atoms with Crippen molar-refractivity contribution < 1.29 is 9.50 Å². The van der Waals surface area contributed by atoms with Gasteiger partial charge in [0.2, 0.25) is 0 Å². The summed E-state index contributed by atoms with van der Waals surface area (Å²) in [4.78, 5) is 9.51. The predicted octanol–water partition coefficient (Wildman–Crippen LogP) is 1.97. The summed E-state index contributed by atoms with van der Waals surface area (Å²) in [5.74, 6) is 0.954. The van der Waals surface area contributed by atoms with Crippen LogP contribution in [0.3, 0.4) is 0 Å². The molecule has 3 rings (SSSR count). The summed E-state index contributed by atoms with van der Waals surface area (Å²) in [7, 11) is 0. The fraction of sp³-hybridized carbons (Fsp3) is 0.438. The molecule has 0 aliphatic carbocycles. The molecule has 0 spiro atoms. The summed E-state index contributed by atoms with van der Waals surface area (Å²) in [5, 5.41) is 10.3. The van der Waals surface area contributed by atoms with Crippen molar-refractivity contribution in [1.82, 2.24) is 14.9 Å². The SMILES string of the molecule is O[C@H]1CN(Cc2ncc[nH]2)CC[C@@H]1Cc1ccc(F)cc1. The molecule has 1 aliphatic rings. The first-order valence-electron chi connectivity index (χ1n) is 7.34. The maximum absolute atomic E-state index is 12.9. The zero-order valence-electron chi connectivity index (χ0n) is 11.9. The number of hydrogen-bond donors (Lipinski definition) is 2. The number of benzene rings is 1. The molecule has 1 aliphatic heterocycles. The Morgan fingerprint density at radius 1 is 1.33 bits per heavy atom. The molecule has 0 bridgehead atoms. The number of rotatable bonds is 4. The summed E-state index contributed by atoms with van der Waals surface area (Å²) in [6.45, 7) is 2.35. The fourth-order valence-corrected chi connectivity index (χ4v) is 2.95. The topological polar surface area (TPSA) is 52.1 Å². The van der Waals surface area contributed by atoms with E-state index in [1.165, 1.54) is 12.1 Å². The Balaban J connectivity index is 1.54. The van der Waals surface area contributed by atoms with Gasteiger partial charge in [-0.3, -0.25) is 4.90 Å². The van der Waals surface area contributed by atoms with Crippen molar-refractivity contribution in [3.8, 4) is 0 Å². The van der Waals surface area contributed by atoms with Crippen LogP contribution in [0.25, 0.3) is 0 Å². The molecule has 1 aromatic heterocycles. The molecule has 1 saturated heterocycles. The van der Waals surface area contributed by atoms with Crippen molar-refractivity contribution >= 4 is 0 Å². The van der Waals surface area contributed by atoms with E-state index in [4.69, 9.17) is 0 Å². The van der Waals surface area contributed by atoms with E-state index in [1.807, 2.05) is 6.20 Å². The Morgan fingerprint density at radius 3 is 2.81 bits per heavy atom. The number of imidazole rings is 1. The van der Waals surface area contributed by atoms with E-state index in [2.05, 4.69) is 14.9 Å². The second-order valence-corrected chi connectivity index (χ2v) is 5.72. The van der Waals surface area contributed by atoms with E-state index >= 15 is 0 Å². The third-order valence-electron chi connectivity index (χ3n) is 4.14. The van der Waals surface area contributed by atoms with Gasteiger partial charge in [-0.1, -0.05) is 12.1 Å². The predicted molar refractivity (Wildman–Crippen MR) is 78.1 cm³/mol.